The first-order valence-corrected chi connectivity index (χ1v) is 8.11. The number of amides is 1. The normalized spacial score (nSPS) is 19.0. The van der Waals surface area contributed by atoms with Gasteiger partial charge in [-0.15, -0.1) is 11.3 Å². The van der Waals surface area contributed by atoms with Crippen molar-refractivity contribution >= 4 is 17.2 Å². The van der Waals surface area contributed by atoms with E-state index in [9.17, 15) is 4.79 Å². The number of aromatic nitrogens is 2. The number of nitrogens with zero attached hydrogens (tertiary/aromatic N) is 3. The lowest BCUT2D eigenvalue weighted by molar-refractivity contribution is -0.129. The van der Waals surface area contributed by atoms with Crippen LogP contribution in [0.5, 0.6) is 0 Å². The van der Waals surface area contributed by atoms with Crippen LogP contribution in [0.3, 0.4) is 0 Å². The molecule has 3 aromatic rings. The van der Waals surface area contributed by atoms with Crippen molar-refractivity contribution in [1.82, 2.24) is 20.4 Å². The Labute approximate surface area is 135 Å². The Morgan fingerprint density at radius 3 is 3.13 bits per heavy atom. The second-order valence-electron chi connectivity index (χ2n) is 5.17. The maximum Gasteiger partial charge on any atom is 0.242 e. The Kier molecular flexibility index (Phi) is 3.68. The van der Waals surface area contributed by atoms with E-state index in [0.717, 1.165) is 11.4 Å². The minimum atomic E-state index is -0.317. The van der Waals surface area contributed by atoms with Crippen molar-refractivity contribution in [1.29, 1.82) is 0 Å². The van der Waals surface area contributed by atoms with Gasteiger partial charge in [0, 0.05) is 18.0 Å². The van der Waals surface area contributed by atoms with Gasteiger partial charge in [-0.25, -0.2) is 0 Å². The van der Waals surface area contributed by atoms with Gasteiger partial charge in [0.05, 0.1) is 12.8 Å². The zero-order chi connectivity index (χ0) is 15.6. The number of thiophene rings is 1. The van der Waals surface area contributed by atoms with Crippen molar-refractivity contribution in [2.24, 2.45) is 0 Å². The van der Waals surface area contributed by atoms with Crippen molar-refractivity contribution in [3.8, 4) is 11.6 Å². The Hall–Kier alpha value is -2.45. The summed E-state index contributed by atoms with van der Waals surface area (Å²) in [6.07, 6.45) is 1.56. The lowest BCUT2D eigenvalue weighted by Crippen LogP contribution is -2.49. The van der Waals surface area contributed by atoms with Crippen molar-refractivity contribution in [2.75, 3.05) is 13.1 Å². The van der Waals surface area contributed by atoms with E-state index in [0.29, 0.717) is 30.6 Å². The van der Waals surface area contributed by atoms with E-state index in [2.05, 4.69) is 15.5 Å². The number of hydrogen-bond acceptors (Lipinski definition) is 7. The molecule has 1 N–H and O–H groups in total. The van der Waals surface area contributed by atoms with Gasteiger partial charge in [0.2, 0.25) is 17.6 Å². The van der Waals surface area contributed by atoms with Crippen molar-refractivity contribution < 1.29 is 13.7 Å². The highest BCUT2D eigenvalue weighted by Crippen LogP contribution is 2.28. The molecule has 4 heterocycles. The second kappa shape index (κ2) is 5.98. The molecule has 7 nitrogen and oxygen atoms in total. The second-order valence-corrected chi connectivity index (χ2v) is 6.15. The minimum absolute atomic E-state index is 0.00414. The molecular weight excluding hydrogens is 316 g/mol. The van der Waals surface area contributed by atoms with Crippen LogP contribution < -0.4 is 5.32 Å². The molecule has 4 rings (SSSR count). The number of furan rings is 1. The number of hydrogen-bond donors (Lipinski definition) is 1. The number of nitrogens with one attached hydrogen (secondary N) is 1. The molecule has 0 radical (unpaired) electrons. The number of carbonyl (C=O) groups is 1. The van der Waals surface area contributed by atoms with Gasteiger partial charge < -0.3 is 14.3 Å². The third kappa shape index (κ3) is 2.78. The number of piperazine rings is 1. The fourth-order valence-electron chi connectivity index (χ4n) is 2.64. The van der Waals surface area contributed by atoms with Gasteiger partial charge in [-0.3, -0.25) is 9.69 Å². The van der Waals surface area contributed by atoms with Gasteiger partial charge >= 0.3 is 0 Å². The molecule has 1 aliphatic rings. The molecule has 23 heavy (non-hydrogen) atoms. The highest BCUT2D eigenvalue weighted by molar-refractivity contribution is 7.10. The largest absolute Gasteiger partial charge is 0.461 e. The standard InChI is InChI=1S/C15H14N4O3S/c20-15-13(11-4-2-8-23-11)19(6-5-16-15)9-12-17-14(18-22-12)10-3-1-7-21-10/h1-4,7-8,13H,5-6,9H2,(H,16,20). The molecular formula is C15H14N4O3S. The average Bonchev–Trinajstić information content (AvgIpc) is 3.30. The predicted octanol–water partition coefficient (Wildman–Crippen LogP) is 2.06. The van der Waals surface area contributed by atoms with Crippen LogP contribution in [0.2, 0.25) is 0 Å². The van der Waals surface area contributed by atoms with E-state index in [4.69, 9.17) is 8.94 Å². The highest BCUT2D eigenvalue weighted by atomic mass is 32.1. The van der Waals surface area contributed by atoms with Gasteiger partial charge in [-0.1, -0.05) is 11.2 Å². The summed E-state index contributed by atoms with van der Waals surface area (Å²) in [7, 11) is 0. The van der Waals surface area contributed by atoms with Crippen molar-refractivity contribution in [3.05, 3.63) is 46.7 Å². The summed E-state index contributed by atoms with van der Waals surface area (Å²) >= 11 is 1.57. The molecule has 1 saturated heterocycles. The molecule has 1 unspecified atom stereocenters. The van der Waals surface area contributed by atoms with Crippen LogP contribution in [0.1, 0.15) is 16.8 Å². The lowest BCUT2D eigenvalue weighted by Gasteiger charge is -2.33. The fraction of sp³-hybridized carbons (Fsp3) is 0.267. The van der Waals surface area contributed by atoms with E-state index >= 15 is 0 Å². The lowest BCUT2D eigenvalue weighted by atomic mass is 10.1. The van der Waals surface area contributed by atoms with Crippen LogP contribution in [0.25, 0.3) is 11.6 Å². The van der Waals surface area contributed by atoms with Gasteiger partial charge in [-0.2, -0.15) is 4.98 Å². The van der Waals surface area contributed by atoms with E-state index < -0.39 is 0 Å². The zero-order valence-corrected chi connectivity index (χ0v) is 13.0. The number of carbonyl (C=O) groups excluding carboxylic acids is 1. The first kappa shape index (κ1) is 14.2. The third-order valence-corrected chi connectivity index (χ3v) is 4.60. The summed E-state index contributed by atoms with van der Waals surface area (Å²) in [5.41, 5.74) is 0. The van der Waals surface area contributed by atoms with E-state index in [1.54, 1.807) is 29.7 Å². The first-order valence-electron chi connectivity index (χ1n) is 7.23. The molecule has 8 heteroatoms. The van der Waals surface area contributed by atoms with Gasteiger partial charge in [-0.05, 0) is 23.6 Å². The first-order chi connectivity index (χ1) is 11.3. The molecule has 0 aliphatic carbocycles. The smallest absolute Gasteiger partial charge is 0.242 e. The van der Waals surface area contributed by atoms with Crippen LogP contribution in [0, 0.1) is 0 Å². The Morgan fingerprint density at radius 1 is 1.39 bits per heavy atom. The van der Waals surface area contributed by atoms with Crippen LogP contribution in [0.15, 0.2) is 44.8 Å². The molecule has 1 atom stereocenters. The summed E-state index contributed by atoms with van der Waals surface area (Å²) in [4.78, 5) is 19.7. The molecule has 0 aromatic carbocycles. The quantitative estimate of drug-likeness (QED) is 0.788. The summed E-state index contributed by atoms with van der Waals surface area (Å²) in [6, 6.07) is 7.14. The Morgan fingerprint density at radius 2 is 2.35 bits per heavy atom. The maximum absolute atomic E-state index is 12.3. The van der Waals surface area contributed by atoms with E-state index in [1.807, 2.05) is 22.4 Å². The molecule has 0 spiro atoms. The zero-order valence-electron chi connectivity index (χ0n) is 12.1. The van der Waals surface area contributed by atoms with Gasteiger partial charge in [0.25, 0.3) is 0 Å². The van der Waals surface area contributed by atoms with Crippen LogP contribution in [-0.2, 0) is 11.3 Å². The maximum atomic E-state index is 12.3. The average molecular weight is 330 g/mol. The van der Waals surface area contributed by atoms with Gasteiger partial charge in [0.15, 0.2) is 5.76 Å². The Balaban J connectivity index is 1.56. The highest BCUT2D eigenvalue weighted by Gasteiger charge is 2.33. The van der Waals surface area contributed by atoms with Gasteiger partial charge in [0.1, 0.15) is 6.04 Å². The van der Waals surface area contributed by atoms with Crippen LogP contribution in [-0.4, -0.2) is 34.0 Å². The fourth-order valence-corrected chi connectivity index (χ4v) is 3.50. The molecule has 0 saturated carbocycles. The molecule has 1 aliphatic heterocycles. The summed E-state index contributed by atoms with van der Waals surface area (Å²) in [5.74, 6) is 1.45. The topological polar surface area (TPSA) is 84.4 Å². The van der Waals surface area contributed by atoms with Crippen LogP contribution >= 0.6 is 11.3 Å². The predicted molar refractivity (Wildman–Crippen MR) is 82.5 cm³/mol. The molecule has 118 valence electrons. The monoisotopic (exact) mass is 330 g/mol. The summed E-state index contributed by atoms with van der Waals surface area (Å²) in [6.45, 7) is 1.76. The van der Waals surface area contributed by atoms with Crippen molar-refractivity contribution in [2.45, 2.75) is 12.6 Å². The minimum Gasteiger partial charge on any atom is -0.461 e. The third-order valence-electron chi connectivity index (χ3n) is 3.67. The summed E-state index contributed by atoms with van der Waals surface area (Å²) in [5, 5.41) is 8.80. The Bertz CT molecular complexity index is 782. The number of rotatable bonds is 4. The van der Waals surface area contributed by atoms with Crippen LogP contribution in [0.4, 0.5) is 0 Å². The van der Waals surface area contributed by atoms with E-state index in [1.165, 1.54) is 0 Å². The molecule has 0 bridgehead atoms. The molecule has 1 amide bonds. The molecule has 3 aromatic heterocycles. The summed E-state index contributed by atoms with van der Waals surface area (Å²) < 4.78 is 10.6. The van der Waals surface area contributed by atoms with Crippen molar-refractivity contribution in [3.63, 3.8) is 0 Å². The van der Waals surface area contributed by atoms with E-state index in [-0.39, 0.29) is 11.9 Å². The SMILES string of the molecule is O=C1NCCN(Cc2nc(-c3ccco3)no2)C1c1cccs1. The molecule has 1 fully saturated rings.